The Hall–Kier alpha value is -1.84. The standard InChI is InChI=1S/C13H14N2Si/c1-16(2,3)13-6-4-11(5-7-13)8-12(9-14)10-15/h4-8H,1-3H3. The van der Waals surface area contributed by atoms with Gasteiger partial charge in [-0.1, -0.05) is 49.1 Å². The first kappa shape index (κ1) is 12.2. The normalized spacial score (nSPS) is 10.1. The summed E-state index contributed by atoms with van der Waals surface area (Å²) in [7, 11) is -1.26. The lowest BCUT2D eigenvalue weighted by Gasteiger charge is -2.16. The second-order valence-corrected chi connectivity index (χ2v) is 9.73. The van der Waals surface area contributed by atoms with Crippen molar-refractivity contribution in [3.63, 3.8) is 0 Å². The molecule has 0 unspecified atom stereocenters. The molecule has 0 aliphatic carbocycles. The van der Waals surface area contributed by atoms with Crippen LogP contribution in [0.25, 0.3) is 6.08 Å². The van der Waals surface area contributed by atoms with Gasteiger partial charge >= 0.3 is 0 Å². The number of rotatable bonds is 2. The summed E-state index contributed by atoms with van der Waals surface area (Å²) < 4.78 is 0. The molecule has 2 nitrogen and oxygen atoms in total. The molecule has 0 aliphatic heterocycles. The Morgan fingerprint density at radius 1 is 1.06 bits per heavy atom. The van der Waals surface area contributed by atoms with Crippen LogP contribution in [-0.4, -0.2) is 8.07 Å². The van der Waals surface area contributed by atoms with Crippen LogP contribution >= 0.6 is 0 Å². The smallest absolute Gasteiger partial charge is 0.130 e. The molecule has 0 heterocycles. The molecular formula is C13H14N2Si. The predicted molar refractivity (Wildman–Crippen MR) is 68.6 cm³/mol. The molecule has 1 aromatic carbocycles. The molecule has 3 heteroatoms. The first-order chi connectivity index (χ1) is 7.47. The van der Waals surface area contributed by atoms with Gasteiger partial charge in [-0.2, -0.15) is 10.5 Å². The highest BCUT2D eigenvalue weighted by Gasteiger charge is 2.15. The summed E-state index contributed by atoms with van der Waals surface area (Å²) in [5.74, 6) is 0. The van der Waals surface area contributed by atoms with Gasteiger partial charge in [0.1, 0.15) is 17.7 Å². The topological polar surface area (TPSA) is 47.6 Å². The van der Waals surface area contributed by atoms with Crippen molar-refractivity contribution in [2.24, 2.45) is 0 Å². The fraction of sp³-hybridized carbons (Fsp3) is 0.231. The van der Waals surface area contributed by atoms with Gasteiger partial charge in [0.2, 0.25) is 0 Å². The quantitative estimate of drug-likeness (QED) is 0.575. The third-order valence-corrected chi connectivity index (χ3v) is 4.39. The monoisotopic (exact) mass is 226 g/mol. The summed E-state index contributed by atoms with van der Waals surface area (Å²) in [4.78, 5) is 0. The number of nitrogens with zero attached hydrogens (tertiary/aromatic N) is 2. The summed E-state index contributed by atoms with van der Waals surface area (Å²) in [6.45, 7) is 6.86. The van der Waals surface area contributed by atoms with Gasteiger partial charge in [0.15, 0.2) is 0 Å². The van der Waals surface area contributed by atoms with E-state index in [9.17, 15) is 0 Å². The fourth-order valence-corrected chi connectivity index (χ4v) is 2.50. The van der Waals surface area contributed by atoms with Crippen LogP contribution in [0.1, 0.15) is 5.56 Å². The zero-order valence-electron chi connectivity index (χ0n) is 9.78. The van der Waals surface area contributed by atoms with E-state index in [0.717, 1.165) is 5.56 Å². The van der Waals surface area contributed by atoms with Gasteiger partial charge in [0.25, 0.3) is 0 Å². The van der Waals surface area contributed by atoms with Gasteiger partial charge in [-0.05, 0) is 11.6 Å². The lowest BCUT2D eigenvalue weighted by molar-refractivity contribution is 1.47. The van der Waals surface area contributed by atoms with Crippen LogP contribution < -0.4 is 5.19 Å². The highest BCUT2D eigenvalue weighted by atomic mass is 28.3. The number of hydrogen-bond donors (Lipinski definition) is 0. The molecule has 80 valence electrons. The van der Waals surface area contributed by atoms with Crippen LogP contribution in [-0.2, 0) is 0 Å². The minimum atomic E-state index is -1.26. The van der Waals surface area contributed by atoms with Crippen LogP contribution in [0.4, 0.5) is 0 Å². The largest absolute Gasteiger partial charge is 0.192 e. The number of benzene rings is 1. The van der Waals surface area contributed by atoms with E-state index in [-0.39, 0.29) is 5.57 Å². The van der Waals surface area contributed by atoms with Crippen LogP contribution in [0, 0.1) is 22.7 Å². The first-order valence-corrected chi connectivity index (χ1v) is 8.60. The van der Waals surface area contributed by atoms with Crippen molar-refractivity contribution in [3.05, 3.63) is 35.4 Å². The molecular weight excluding hydrogens is 212 g/mol. The van der Waals surface area contributed by atoms with E-state index in [4.69, 9.17) is 10.5 Å². The number of hydrogen-bond acceptors (Lipinski definition) is 2. The molecule has 0 saturated carbocycles. The molecule has 0 amide bonds. The highest BCUT2D eigenvalue weighted by Crippen LogP contribution is 2.07. The maximum atomic E-state index is 8.64. The summed E-state index contributed by atoms with van der Waals surface area (Å²) in [5, 5.41) is 18.6. The molecule has 0 saturated heterocycles. The maximum absolute atomic E-state index is 8.64. The van der Waals surface area contributed by atoms with E-state index in [1.807, 2.05) is 24.3 Å². The SMILES string of the molecule is C[Si](C)(C)c1ccc(C=C(C#N)C#N)cc1. The zero-order valence-corrected chi connectivity index (χ0v) is 10.8. The Bertz CT molecular complexity index is 463. The summed E-state index contributed by atoms with van der Waals surface area (Å²) in [6, 6.07) is 11.8. The average Bonchev–Trinajstić information content (AvgIpc) is 2.25. The zero-order chi connectivity index (χ0) is 12.2. The molecule has 0 bridgehead atoms. The first-order valence-electron chi connectivity index (χ1n) is 5.10. The third-order valence-electron chi connectivity index (χ3n) is 2.33. The minimum Gasteiger partial charge on any atom is -0.192 e. The van der Waals surface area contributed by atoms with E-state index in [0.29, 0.717) is 0 Å². The third kappa shape index (κ3) is 3.08. The molecule has 0 N–H and O–H groups in total. The molecule has 0 atom stereocenters. The van der Waals surface area contributed by atoms with Crippen molar-refractivity contribution >= 4 is 19.3 Å². The highest BCUT2D eigenvalue weighted by molar-refractivity contribution is 6.88. The van der Waals surface area contributed by atoms with Crippen molar-refractivity contribution in [1.82, 2.24) is 0 Å². The Morgan fingerprint density at radius 2 is 1.56 bits per heavy atom. The van der Waals surface area contributed by atoms with Gasteiger partial charge in [-0.15, -0.1) is 0 Å². The minimum absolute atomic E-state index is 0.140. The van der Waals surface area contributed by atoms with Crippen molar-refractivity contribution in [2.75, 3.05) is 0 Å². The fourth-order valence-electron chi connectivity index (χ4n) is 1.34. The van der Waals surface area contributed by atoms with Crippen LogP contribution in [0.15, 0.2) is 29.8 Å². The van der Waals surface area contributed by atoms with Crippen molar-refractivity contribution in [2.45, 2.75) is 19.6 Å². The molecule has 0 aromatic heterocycles. The van der Waals surface area contributed by atoms with Gasteiger partial charge in [-0.3, -0.25) is 0 Å². The summed E-state index contributed by atoms with van der Waals surface area (Å²) in [5.41, 5.74) is 1.04. The maximum Gasteiger partial charge on any atom is 0.130 e. The molecule has 0 fully saturated rings. The van der Waals surface area contributed by atoms with E-state index >= 15 is 0 Å². The molecule has 0 spiro atoms. The van der Waals surface area contributed by atoms with E-state index < -0.39 is 8.07 Å². The predicted octanol–water partition coefficient (Wildman–Crippen LogP) is 2.66. The second kappa shape index (κ2) is 4.79. The van der Waals surface area contributed by atoms with Crippen molar-refractivity contribution < 1.29 is 0 Å². The average molecular weight is 226 g/mol. The molecule has 0 aliphatic rings. The lowest BCUT2D eigenvalue weighted by atomic mass is 10.1. The van der Waals surface area contributed by atoms with Gasteiger partial charge in [-0.25, -0.2) is 0 Å². The molecule has 0 radical (unpaired) electrons. The second-order valence-electron chi connectivity index (χ2n) is 4.65. The Labute approximate surface area is 97.5 Å². The molecule has 1 rings (SSSR count). The Balaban J connectivity index is 3.03. The van der Waals surface area contributed by atoms with Crippen LogP contribution in [0.5, 0.6) is 0 Å². The van der Waals surface area contributed by atoms with E-state index in [2.05, 4.69) is 31.8 Å². The van der Waals surface area contributed by atoms with Crippen molar-refractivity contribution in [1.29, 1.82) is 10.5 Å². The van der Waals surface area contributed by atoms with Crippen LogP contribution in [0.2, 0.25) is 19.6 Å². The van der Waals surface area contributed by atoms with E-state index in [1.54, 1.807) is 6.08 Å². The Kier molecular flexibility index (Phi) is 3.66. The summed E-state index contributed by atoms with van der Waals surface area (Å²) in [6.07, 6.45) is 1.61. The molecule has 16 heavy (non-hydrogen) atoms. The van der Waals surface area contributed by atoms with E-state index in [1.165, 1.54) is 5.19 Å². The van der Waals surface area contributed by atoms with Gasteiger partial charge in [0, 0.05) is 0 Å². The Morgan fingerprint density at radius 3 is 1.94 bits per heavy atom. The lowest BCUT2D eigenvalue weighted by Crippen LogP contribution is -2.37. The summed E-state index contributed by atoms with van der Waals surface area (Å²) >= 11 is 0. The molecule has 1 aromatic rings. The number of nitriles is 2. The van der Waals surface area contributed by atoms with Crippen molar-refractivity contribution in [3.8, 4) is 12.1 Å². The van der Waals surface area contributed by atoms with Gasteiger partial charge in [0.05, 0.1) is 8.07 Å². The number of allylic oxidation sites excluding steroid dienone is 1. The van der Waals surface area contributed by atoms with Gasteiger partial charge < -0.3 is 0 Å². The van der Waals surface area contributed by atoms with Crippen LogP contribution in [0.3, 0.4) is 0 Å².